The minimum absolute atomic E-state index is 0. The van der Waals surface area contributed by atoms with Gasteiger partial charge in [-0.15, -0.1) is 0 Å². The van der Waals surface area contributed by atoms with Crippen molar-refractivity contribution in [2.24, 2.45) is 0 Å². The molecule has 0 radical (unpaired) electrons. The average Bonchev–Trinajstić information content (AvgIpc) is 1.00. The summed E-state index contributed by atoms with van der Waals surface area (Å²) in [6.45, 7) is 0. The quantitative estimate of drug-likeness (QED) is 0.472. The third-order valence-corrected chi connectivity index (χ3v) is 0. The first-order valence-electron chi connectivity index (χ1n) is 0.167. The van der Waals surface area contributed by atoms with E-state index in [-0.39, 0.29) is 38.9 Å². The minimum atomic E-state index is 0. The van der Waals surface area contributed by atoms with Gasteiger partial charge in [-0.05, 0) is 0 Å². The van der Waals surface area contributed by atoms with Crippen LogP contribution in [0.3, 0.4) is 0 Å². The van der Waals surface area contributed by atoms with E-state index in [0.717, 1.165) is 0 Å². The molecule has 52 valence electrons. The lowest BCUT2D eigenvalue weighted by atomic mass is 12.0. The molecule has 0 saturated heterocycles. The van der Waals surface area contributed by atoms with Crippen LogP contribution in [0.1, 0.15) is 28.0 Å². The van der Waals surface area contributed by atoms with Gasteiger partial charge in [-0.2, -0.15) is 0 Å². The Labute approximate surface area is 50.3 Å². The zero-order chi connectivity index (χ0) is 2.00. The van der Waals surface area contributed by atoms with Crippen molar-refractivity contribution in [3.8, 4) is 0 Å². The molecule has 0 rings (SSSR count). The van der Waals surface area contributed by atoms with E-state index in [9.17, 15) is 0 Å². The van der Waals surface area contributed by atoms with Gasteiger partial charge in [-0.3, -0.25) is 0 Å². The molecule has 0 heterocycles. The van der Waals surface area contributed by atoms with Crippen LogP contribution >= 0.6 is 0 Å². The number of hydrogen-bond acceptors (Lipinski definition) is 2. The fraction of sp³-hybridized carbons (Fsp3) is 1.00. The van der Waals surface area contributed by atoms with Gasteiger partial charge in [0.25, 0.3) is 0 Å². The van der Waals surface area contributed by atoms with E-state index < -0.39 is 0 Å². The Morgan fingerprint density at radius 2 is 0.714 bits per heavy atom. The summed E-state index contributed by atoms with van der Waals surface area (Å²) < 4.78 is 0. The fourth-order valence-electron chi connectivity index (χ4n) is 0. The van der Waals surface area contributed by atoms with Gasteiger partial charge in [0.05, 0.1) is 0 Å². The molecule has 0 aromatic heterocycles. The summed E-state index contributed by atoms with van der Waals surface area (Å²) in [4.78, 5) is 14.0. The summed E-state index contributed by atoms with van der Waals surface area (Å²) in [6.07, 6.45) is 0. The number of hydrogen-bond donors (Lipinski definition) is 0. The van der Waals surface area contributed by atoms with E-state index in [1.807, 2.05) is 0 Å². The second-order valence-corrected chi connectivity index (χ2v) is 0. The minimum Gasteiger partial charge on any atom is -0.412 e. The second-order valence-electron chi connectivity index (χ2n) is 0. The third kappa shape index (κ3) is 297. The van der Waals surface area contributed by atoms with Crippen LogP contribution in [0.25, 0.3) is 0 Å². The summed E-state index contributed by atoms with van der Waals surface area (Å²) in [5.41, 5.74) is 0. The normalized spacial score (nSPS) is 0.571. The molecule has 0 aliphatic rings. The molecule has 0 unspecified atom stereocenters. The lowest BCUT2D eigenvalue weighted by Crippen LogP contribution is -0.674. The van der Waals surface area contributed by atoms with Gasteiger partial charge in [0.1, 0.15) is 0 Å². The Morgan fingerprint density at radius 1 is 0.714 bits per heavy atom. The van der Waals surface area contributed by atoms with Crippen molar-refractivity contribution in [3.05, 3.63) is 9.93 Å². The van der Waals surface area contributed by atoms with Crippen LogP contribution in [-0.4, -0.2) is 11.0 Å². The van der Waals surface area contributed by atoms with Crippen LogP contribution in [0.4, 0.5) is 0 Å². The maximum atomic E-state index is 7.00. The predicted octanol–water partition coefficient (Wildman–Crippen LogP) is 0.776. The van der Waals surface area contributed by atoms with Gasteiger partial charge in [-0.1, -0.05) is 22.3 Å². The van der Waals surface area contributed by atoms with Crippen LogP contribution in [0, 0.1) is 9.93 Å². The van der Waals surface area contributed by atoms with Crippen LogP contribution in [0.15, 0.2) is 0 Å². The Bertz CT molecular complexity index is 17.3. The molecule has 0 spiro atoms. The molecule has 0 atom stereocenters. The average molecular weight is 120 g/mol. The molecule has 4 N–H and O–H groups in total. The second kappa shape index (κ2) is 489. The Hall–Kier alpha value is -0.480. The van der Waals surface area contributed by atoms with Crippen molar-refractivity contribution in [1.82, 2.24) is 0 Å². The standard InChI is InChI=1S/3CH4.O2.2H2O/c;;;1-2;;/h3*1H4;;2*1H2/p+4. The molecule has 4 nitrogen and oxygen atoms in total. The summed E-state index contributed by atoms with van der Waals surface area (Å²) in [7, 11) is 0. The van der Waals surface area contributed by atoms with Crippen LogP contribution in [0.5, 0.6) is 0 Å². The van der Waals surface area contributed by atoms with Crippen LogP contribution in [-0.2, 0) is 0 Å². The zero-order valence-corrected chi connectivity index (χ0v) is 1.82. The molecule has 4 heteroatoms. The highest BCUT2D eigenvalue weighted by atomic mass is 16.7. The summed E-state index contributed by atoms with van der Waals surface area (Å²) in [6, 6.07) is 0. The van der Waals surface area contributed by atoms with E-state index in [0.29, 0.717) is 0 Å². The first-order valence-corrected chi connectivity index (χ1v) is 0.167. The smallest absolute Gasteiger partial charge is 0.412 e. The Morgan fingerprint density at radius 3 is 0.714 bits per heavy atom. The SMILES string of the molecule is C.C.C.O.O.O=O.[H+].[H+].[H+].[H+]. The predicted molar refractivity (Wildman–Crippen MR) is 38.6 cm³/mol. The van der Waals surface area contributed by atoms with Gasteiger partial charge in [0.2, 0.25) is 0 Å². The van der Waals surface area contributed by atoms with Crippen LogP contribution < -0.4 is 0 Å². The van der Waals surface area contributed by atoms with Crippen molar-refractivity contribution in [2.75, 3.05) is 0 Å². The summed E-state index contributed by atoms with van der Waals surface area (Å²) in [5, 5.41) is 0. The van der Waals surface area contributed by atoms with E-state index in [1.54, 1.807) is 0 Å². The highest BCUT2D eigenvalue weighted by molar-refractivity contribution is 4.07. The molecular weight excluding hydrogens is 100 g/mol. The highest BCUT2D eigenvalue weighted by Gasteiger charge is 0.707. The maximum absolute atomic E-state index is 7.00. The topological polar surface area (TPSA) is 97.1 Å². The van der Waals surface area contributed by atoms with Gasteiger partial charge < -0.3 is 11.0 Å². The van der Waals surface area contributed by atoms with Crippen molar-refractivity contribution in [2.45, 2.75) is 22.3 Å². The fourth-order valence-corrected chi connectivity index (χ4v) is 0. The van der Waals surface area contributed by atoms with Gasteiger partial charge in [-0.25, -0.2) is 0 Å². The highest BCUT2D eigenvalue weighted by Crippen LogP contribution is 0.741. The summed E-state index contributed by atoms with van der Waals surface area (Å²) >= 11 is 0. The van der Waals surface area contributed by atoms with Crippen molar-refractivity contribution in [3.63, 3.8) is 0 Å². The monoisotopic (exact) mass is 120 g/mol. The molecular formula is C3H20O4+4. The van der Waals surface area contributed by atoms with Gasteiger partial charge >= 0.3 is 5.71 Å². The van der Waals surface area contributed by atoms with Crippen molar-refractivity contribution < 1.29 is 16.7 Å². The van der Waals surface area contributed by atoms with Crippen molar-refractivity contribution in [1.29, 1.82) is 0 Å². The van der Waals surface area contributed by atoms with Gasteiger partial charge in [0.15, 0.2) is 0 Å². The van der Waals surface area contributed by atoms with E-state index in [2.05, 4.69) is 0 Å². The van der Waals surface area contributed by atoms with E-state index in [4.69, 9.17) is 9.93 Å². The molecule has 0 aliphatic carbocycles. The molecule has 0 aromatic rings. The third-order valence-electron chi connectivity index (χ3n) is 0. The largest absolute Gasteiger partial charge is 1.00 e. The maximum Gasteiger partial charge on any atom is 1.00 e. The summed E-state index contributed by atoms with van der Waals surface area (Å²) in [5.74, 6) is 0. The molecule has 0 amide bonds. The molecule has 7 heavy (non-hydrogen) atoms. The van der Waals surface area contributed by atoms with Gasteiger partial charge in [0, 0.05) is 9.93 Å². The molecule has 0 fully saturated rings. The van der Waals surface area contributed by atoms with Crippen LogP contribution in [0.2, 0.25) is 0 Å². The van der Waals surface area contributed by atoms with E-state index >= 15 is 0 Å². The Balaban J connectivity index is -0.000000000139. The molecule has 0 aromatic carbocycles. The number of rotatable bonds is 0. The lowest BCUT2D eigenvalue weighted by molar-refractivity contribution is 0.823. The first-order chi connectivity index (χ1) is 1.00. The van der Waals surface area contributed by atoms with Crippen molar-refractivity contribution >= 4 is 0 Å². The molecule has 0 aliphatic heterocycles. The molecule has 0 bridgehead atoms. The zero-order valence-electron chi connectivity index (χ0n) is 5.82. The first kappa shape index (κ1) is 735. The lowest BCUT2D eigenvalue weighted by Gasteiger charge is -0.707. The Kier molecular flexibility index (Phi) is 51400. The molecule has 0 saturated carbocycles. The van der Waals surface area contributed by atoms with E-state index in [1.165, 1.54) is 0 Å².